The summed E-state index contributed by atoms with van der Waals surface area (Å²) in [5.74, 6) is -5.03. The van der Waals surface area contributed by atoms with Crippen molar-refractivity contribution >= 4 is 80.7 Å². The Morgan fingerprint density at radius 1 is 0.780 bits per heavy atom. The average Bonchev–Trinajstić information content (AvgIpc) is 3.84. The maximum absolute atomic E-state index is 13.5. The Labute approximate surface area is 347 Å². The zero-order valence-electron chi connectivity index (χ0n) is 31.1. The van der Waals surface area contributed by atoms with Crippen LogP contribution in [0.25, 0.3) is 22.1 Å². The van der Waals surface area contributed by atoms with E-state index in [0.29, 0.717) is 11.1 Å². The number of carbonyl (C=O) groups excluding carboxylic acids is 2. The van der Waals surface area contributed by atoms with Gasteiger partial charge in [0.05, 0.1) is 30.3 Å². The molecular weight excluding hydrogens is 916 g/mol. The van der Waals surface area contributed by atoms with Crippen molar-refractivity contribution in [2.45, 2.75) is 32.9 Å². The predicted octanol–water partition coefficient (Wildman–Crippen LogP) is 10.3. The second-order valence-electron chi connectivity index (χ2n) is 10.4. The summed E-state index contributed by atoms with van der Waals surface area (Å²) < 4.78 is 148. The Morgan fingerprint density at radius 3 is 1.64 bits per heavy atom. The fourth-order valence-corrected chi connectivity index (χ4v) is 5.16. The number of nitrogens with one attached hydrogen (secondary N) is 1. The van der Waals surface area contributed by atoms with E-state index in [1.54, 1.807) is 0 Å². The van der Waals surface area contributed by atoms with Crippen molar-refractivity contribution < 1.29 is 82.6 Å². The van der Waals surface area contributed by atoms with Crippen molar-refractivity contribution in [1.29, 1.82) is 0 Å². The molecule has 0 aliphatic heterocycles. The van der Waals surface area contributed by atoms with E-state index >= 15 is 0 Å². The first-order valence-corrected chi connectivity index (χ1v) is 18.0. The highest BCUT2D eigenvalue weighted by atomic mass is 35.5. The number of aromatic amines is 1. The van der Waals surface area contributed by atoms with Gasteiger partial charge in [-0.15, -0.1) is 23.2 Å². The molecule has 14 nitrogen and oxygen atoms in total. The molecule has 334 valence electrons. The Kier molecular flexibility index (Phi) is 21.9. The Hall–Kier alpha value is -4.42. The molecule has 0 saturated carbocycles. The van der Waals surface area contributed by atoms with Gasteiger partial charge in [0.15, 0.2) is 11.5 Å². The monoisotopic (exact) mass is 948 g/mol. The molecule has 0 aliphatic carbocycles. The minimum absolute atomic E-state index is 0.0266. The van der Waals surface area contributed by atoms with E-state index in [4.69, 9.17) is 44.3 Å². The maximum atomic E-state index is 13.5. The van der Waals surface area contributed by atoms with Crippen molar-refractivity contribution in [3.63, 3.8) is 0 Å². The standard InChI is InChI=1S/C15H15ClF5N3O4.C10H6ClF5N2O2.C5H10ClNO2.CH3Cl/c1-3-23(14(25)26-2)7-24-11-10(22-13(24)15(18,19)20)8(16)6-9(12(11)28-21)27-5-4-17;11-4-3-5(19-2-1-12)8(20-16)7-6(4)17-9(18-7)10(13,14)15;1-3-7(4-6)5(8)9-2;1-2/h6H,3-5,7H2,1-2H3;3H,1-2H2,(H,17,18);3-4H2,1-2H3;1H3. The zero-order chi connectivity index (χ0) is 45.2. The van der Waals surface area contributed by atoms with Crippen LogP contribution in [0.2, 0.25) is 10.0 Å². The molecule has 0 unspecified atom stereocenters. The lowest BCUT2D eigenvalue weighted by molar-refractivity contribution is -0.147. The average molecular weight is 950 g/mol. The van der Waals surface area contributed by atoms with E-state index < -0.39 is 97.1 Å². The van der Waals surface area contributed by atoms with E-state index in [1.165, 1.54) is 25.3 Å². The number of H-pyrrole nitrogens is 1. The third kappa shape index (κ3) is 13.8. The van der Waals surface area contributed by atoms with Gasteiger partial charge in [-0.2, -0.15) is 26.3 Å². The van der Waals surface area contributed by atoms with Crippen LogP contribution in [0.15, 0.2) is 12.1 Å². The maximum Gasteiger partial charge on any atom is 0.449 e. The van der Waals surface area contributed by atoms with Gasteiger partial charge in [-0.3, -0.25) is 24.2 Å². The van der Waals surface area contributed by atoms with E-state index in [0.717, 1.165) is 24.1 Å². The van der Waals surface area contributed by atoms with Crippen LogP contribution in [0.4, 0.5) is 53.8 Å². The predicted molar refractivity (Wildman–Crippen MR) is 194 cm³/mol. The number of rotatable bonds is 13. The smallest absolute Gasteiger partial charge is 0.449 e. The van der Waals surface area contributed by atoms with E-state index in [-0.39, 0.29) is 40.0 Å². The van der Waals surface area contributed by atoms with Gasteiger partial charge >= 0.3 is 24.5 Å². The van der Waals surface area contributed by atoms with E-state index in [1.807, 2.05) is 11.9 Å². The molecular formula is C31H34Cl4F10N6O8. The number of benzene rings is 2. The van der Waals surface area contributed by atoms with Gasteiger partial charge < -0.3 is 23.9 Å². The van der Waals surface area contributed by atoms with Crippen LogP contribution in [-0.4, -0.2) is 108 Å². The molecule has 2 heterocycles. The van der Waals surface area contributed by atoms with Crippen LogP contribution < -0.4 is 19.4 Å². The molecule has 0 fully saturated rings. The number of halogens is 14. The SMILES string of the molecule is CCN(CCl)C(=O)OC.CCN(Cn1c(C(F)(F)F)nc2c(Cl)cc(OCCF)c(OF)c21)C(=O)OC.CCl.FCCOc1cc(Cl)c2nc(C(F)(F)F)[nH]c2c1OF. The van der Waals surface area contributed by atoms with Gasteiger partial charge in [-0.25, -0.2) is 28.3 Å². The summed E-state index contributed by atoms with van der Waals surface area (Å²) in [5.41, 5.74) is -1.71. The minimum Gasteiger partial charge on any atom is -0.487 e. The minimum atomic E-state index is -4.97. The second-order valence-corrected chi connectivity index (χ2v) is 11.4. The lowest BCUT2D eigenvalue weighted by Crippen LogP contribution is -2.34. The highest BCUT2D eigenvalue weighted by molar-refractivity contribution is 6.36. The summed E-state index contributed by atoms with van der Waals surface area (Å²) in [4.78, 5) is 40.4. The molecule has 4 aromatic rings. The third-order valence-electron chi connectivity index (χ3n) is 6.96. The molecule has 0 radical (unpaired) electrons. The fourth-order valence-electron chi connectivity index (χ4n) is 4.43. The van der Waals surface area contributed by atoms with Crippen molar-refractivity contribution in [3.8, 4) is 23.0 Å². The van der Waals surface area contributed by atoms with Crippen molar-refractivity contribution in [3.05, 3.63) is 33.8 Å². The first-order chi connectivity index (χ1) is 27.8. The molecule has 2 aromatic heterocycles. The number of ether oxygens (including phenoxy) is 4. The van der Waals surface area contributed by atoms with Crippen LogP contribution in [0.5, 0.6) is 23.0 Å². The lowest BCUT2D eigenvalue weighted by atomic mass is 10.2. The van der Waals surface area contributed by atoms with Gasteiger partial charge in [0.2, 0.25) is 23.1 Å². The number of hydrogen-bond donors (Lipinski definition) is 1. The number of nitrogens with zero attached hydrogens (tertiary/aromatic N) is 5. The summed E-state index contributed by atoms with van der Waals surface area (Å²) in [5, 5.41) is -0.531. The first kappa shape index (κ1) is 52.6. The molecule has 4 rings (SSSR count). The summed E-state index contributed by atoms with van der Waals surface area (Å²) in [6.07, 6.45) is -9.56. The molecule has 0 atom stereocenters. The molecule has 0 aliphatic rings. The number of amides is 2. The summed E-state index contributed by atoms with van der Waals surface area (Å²) in [7, 11) is 2.38. The number of alkyl halides is 10. The molecule has 0 saturated heterocycles. The van der Waals surface area contributed by atoms with Gasteiger partial charge in [-0.1, -0.05) is 23.2 Å². The molecule has 59 heavy (non-hydrogen) atoms. The van der Waals surface area contributed by atoms with Gasteiger partial charge in [0, 0.05) is 40.7 Å². The van der Waals surface area contributed by atoms with E-state index in [2.05, 4.69) is 40.9 Å². The van der Waals surface area contributed by atoms with Crippen LogP contribution in [0.3, 0.4) is 0 Å². The number of imidazole rings is 2. The third-order valence-corrected chi connectivity index (χ3v) is 7.83. The largest absolute Gasteiger partial charge is 0.487 e. The first-order valence-electron chi connectivity index (χ1n) is 16.0. The van der Waals surface area contributed by atoms with Gasteiger partial charge in [0.1, 0.15) is 55.3 Å². The highest BCUT2D eigenvalue weighted by Crippen LogP contribution is 2.44. The summed E-state index contributed by atoms with van der Waals surface area (Å²) in [6.45, 7) is 0.418. The van der Waals surface area contributed by atoms with Crippen LogP contribution in [-0.2, 0) is 28.5 Å². The summed E-state index contributed by atoms with van der Waals surface area (Å²) >= 11 is 21.7. The number of aromatic nitrogens is 4. The van der Waals surface area contributed by atoms with Gasteiger partial charge in [-0.05, 0) is 13.8 Å². The zero-order valence-corrected chi connectivity index (χ0v) is 34.1. The normalized spacial score (nSPS) is 11.0. The molecule has 1 N–H and O–H groups in total. The lowest BCUT2D eigenvalue weighted by Gasteiger charge is -2.22. The molecule has 2 amide bonds. The van der Waals surface area contributed by atoms with Crippen molar-refractivity contribution in [2.75, 3.05) is 66.3 Å². The molecule has 2 aromatic carbocycles. The highest BCUT2D eigenvalue weighted by Gasteiger charge is 2.40. The molecule has 28 heteroatoms. The van der Waals surface area contributed by atoms with Crippen LogP contribution in [0, 0.1) is 0 Å². The van der Waals surface area contributed by atoms with Crippen LogP contribution >= 0.6 is 46.4 Å². The number of methoxy groups -OCH3 is 2. The van der Waals surface area contributed by atoms with Crippen LogP contribution in [0.1, 0.15) is 25.5 Å². The fraction of sp³-hybridized carbons (Fsp3) is 0.484. The second kappa shape index (κ2) is 24.6. The number of fused-ring (bicyclic) bond motifs is 2. The Morgan fingerprint density at radius 2 is 1.25 bits per heavy atom. The van der Waals surface area contributed by atoms with Crippen molar-refractivity contribution in [2.24, 2.45) is 0 Å². The van der Waals surface area contributed by atoms with Crippen molar-refractivity contribution in [1.82, 2.24) is 29.3 Å². The molecule has 0 spiro atoms. The van der Waals surface area contributed by atoms with E-state index in [9.17, 15) is 53.8 Å². The van der Waals surface area contributed by atoms with Gasteiger partial charge in [0.25, 0.3) is 0 Å². The summed E-state index contributed by atoms with van der Waals surface area (Å²) in [6, 6.07) is 2.14. The number of carbonyl (C=O) groups is 2. The Bertz CT molecular complexity index is 1950. The number of hydrogen-bond acceptors (Lipinski definition) is 10. The Balaban J connectivity index is 0.000000487. The quantitative estimate of drug-likeness (QED) is 0.0782. The topological polar surface area (TPSA) is 142 Å². The molecule has 0 bridgehead atoms.